The summed E-state index contributed by atoms with van der Waals surface area (Å²) in [5.41, 5.74) is 1.11. The van der Waals surface area contributed by atoms with Crippen LogP contribution in [-0.4, -0.2) is 18.9 Å². The minimum absolute atomic E-state index is 0.403. The van der Waals surface area contributed by atoms with Crippen LogP contribution in [0.2, 0.25) is 0 Å². The van der Waals surface area contributed by atoms with E-state index >= 15 is 0 Å². The summed E-state index contributed by atoms with van der Waals surface area (Å²) in [5.74, 6) is 1.14. The first-order chi connectivity index (χ1) is 6.68. The highest BCUT2D eigenvalue weighted by molar-refractivity contribution is 5.78. The summed E-state index contributed by atoms with van der Waals surface area (Å²) >= 11 is 0. The Labute approximate surface area is 86.8 Å². The number of nitrogens with one attached hydrogen (secondary N) is 1. The minimum atomic E-state index is 0.403. The van der Waals surface area contributed by atoms with Crippen molar-refractivity contribution >= 4 is 5.78 Å². The van der Waals surface area contributed by atoms with Gasteiger partial charge in [-0.3, -0.25) is 4.79 Å². The van der Waals surface area contributed by atoms with Crippen LogP contribution < -0.4 is 5.32 Å². The van der Waals surface area contributed by atoms with Crippen molar-refractivity contribution in [3.63, 3.8) is 0 Å². The third-order valence-electron chi connectivity index (χ3n) is 2.82. The van der Waals surface area contributed by atoms with E-state index in [4.69, 9.17) is 0 Å². The third kappa shape index (κ3) is 4.56. The lowest BCUT2D eigenvalue weighted by molar-refractivity contribution is -0.119. The van der Waals surface area contributed by atoms with E-state index in [0.717, 1.165) is 43.8 Å². The second-order valence-electron chi connectivity index (χ2n) is 4.39. The van der Waals surface area contributed by atoms with Gasteiger partial charge in [-0.25, -0.2) is 0 Å². The molecule has 0 bridgehead atoms. The lowest BCUT2D eigenvalue weighted by Gasteiger charge is -2.06. The van der Waals surface area contributed by atoms with Crippen molar-refractivity contribution in [1.82, 2.24) is 5.32 Å². The van der Waals surface area contributed by atoms with E-state index < -0.39 is 0 Å². The zero-order chi connectivity index (χ0) is 10.4. The highest BCUT2D eigenvalue weighted by Crippen LogP contribution is 2.15. The molecular weight excluding hydrogens is 174 g/mol. The number of ketones is 1. The molecule has 1 rings (SSSR count). The average Bonchev–Trinajstić information content (AvgIpc) is 2.63. The monoisotopic (exact) mass is 195 g/mol. The lowest BCUT2D eigenvalue weighted by Crippen LogP contribution is -2.10. The molecule has 2 nitrogen and oxygen atoms in total. The fourth-order valence-electron chi connectivity index (χ4n) is 1.80. The summed E-state index contributed by atoms with van der Waals surface area (Å²) in [4.78, 5) is 11.4. The molecule has 1 aliphatic rings. The Kier molecular flexibility index (Phi) is 4.88. The van der Waals surface area contributed by atoms with Gasteiger partial charge in [0.1, 0.15) is 5.78 Å². The van der Waals surface area contributed by atoms with E-state index in [1.807, 2.05) is 6.92 Å². The van der Waals surface area contributed by atoms with Crippen LogP contribution in [0.4, 0.5) is 0 Å². The number of Topliss-reactive ketones (excluding diaryl/α,β-unsaturated/α-hetero) is 1. The summed E-state index contributed by atoms with van der Waals surface area (Å²) in [5, 5.41) is 3.32. The van der Waals surface area contributed by atoms with E-state index in [0.29, 0.717) is 12.2 Å². The van der Waals surface area contributed by atoms with Crippen molar-refractivity contribution < 1.29 is 4.79 Å². The first-order valence-corrected chi connectivity index (χ1v) is 5.55. The lowest BCUT2D eigenvalue weighted by atomic mass is 9.99. The molecule has 1 heterocycles. The normalized spacial score (nSPS) is 21.1. The molecule has 0 spiro atoms. The number of allylic oxidation sites excluding steroid dienone is 1. The van der Waals surface area contributed by atoms with Gasteiger partial charge in [-0.1, -0.05) is 5.57 Å². The largest absolute Gasteiger partial charge is 0.316 e. The Balaban J connectivity index is 2.05. The molecule has 0 radical (unpaired) electrons. The number of carbonyl (C=O) groups excluding carboxylic acids is 1. The standard InChI is InChI=1S/C12H21NO/c1-10(2)3-5-12(14)6-4-11-7-8-13-9-11/h11,13H,1,3-9H2,2H3. The predicted octanol–water partition coefficient (Wildman–Crippen LogP) is 2.30. The van der Waals surface area contributed by atoms with Crippen LogP contribution in [0.1, 0.15) is 39.0 Å². The summed E-state index contributed by atoms with van der Waals surface area (Å²) in [6.07, 6.45) is 4.63. The molecule has 0 saturated carbocycles. The smallest absolute Gasteiger partial charge is 0.133 e. The third-order valence-corrected chi connectivity index (χ3v) is 2.82. The molecule has 80 valence electrons. The molecular formula is C12H21NO. The van der Waals surface area contributed by atoms with Gasteiger partial charge in [-0.15, -0.1) is 6.58 Å². The second kappa shape index (κ2) is 5.97. The molecule has 1 fully saturated rings. The maximum atomic E-state index is 11.4. The van der Waals surface area contributed by atoms with Gasteiger partial charge in [0.2, 0.25) is 0 Å². The van der Waals surface area contributed by atoms with Crippen LogP contribution in [0.25, 0.3) is 0 Å². The van der Waals surface area contributed by atoms with E-state index in [1.54, 1.807) is 0 Å². The van der Waals surface area contributed by atoms with E-state index in [1.165, 1.54) is 6.42 Å². The van der Waals surface area contributed by atoms with Crippen molar-refractivity contribution in [3.8, 4) is 0 Å². The van der Waals surface area contributed by atoms with Crippen molar-refractivity contribution in [2.75, 3.05) is 13.1 Å². The molecule has 1 aliphatic heterocycles. The van der Waals surface area contributed by atoms with Gasteiger partial charge < -0.3 is 5.32 Å². The van der Waals surface area contributed by atoms with Crippen LogP contribution in [-0.2, 0) is 4.79 Å². The number of hydrogen-bond donors (Lipinski definition) is 1. The van der Waals surface area contributed by atoms with Gasteiger partial charge in [0.05, 0.1) is 0 Å². The molecule has 0 amide bonds. The summed E-state index contributed by atoms with van der Waals surface area (Å²) in [6.45, 7) is 8.02. The minimum Gasteiger partial charge on any atom is -0.316 e. The molecule has 1 saturated heterocycles. The zero-order valence-electron chi connectivity index (χ0n) is 9.14. The molecule has 0 aliphatic carbocycles. The fourth-order valence-corrected chi connectivity index (χ4v) is 1.80. The Bertz CT molecular complexity index is 204. The molecule has 1 atom stereocenters. The van der Waals surface area contributed by atoms with Gasteiger partial charge in [0.25, 0.3) is 0 Å². The van der Waals surface area contributed by atoms with Crippen molar-refractivity contribution in [2.45, 2.75) is 39.0 Å². The topological polar surface area (TPSA) is 29.1 Å². The Morgan fingerprint density at radius 1 is 1.43 bits per heavy atom. The van der Waals surface area contributed by atoms with Gasteiger partial charge in [-0.2, -0.15) is 0 Å². The summed E-state index contributed by atoms with van der Waals surface area (Å²) in [6, 6.07) is 0. The predicted molar refractivity (Wildman–Crippen MR) is 59.3 cm³/mol. The zero-order valence-corrected chi connectivity index (χ0v) is 9.14. The van der Waals surface area contributed by atoms with E-state index in [-0.39, 0.29) is 0 Å². The van der Waals surface area contributed by atoms with Crippen LogP contribution in [0.15, 0.2) is 12.2 Å². The van der Waals surface area contributed by atoms with E-state index in [9.17, 15) is 4.79 Å². The molecule has 0 aromatic rings. The van der Waals surface area contributed by atoms with Crippen molar-refractivity contribution in [1.29, 1.82) is 0 Å². The summed E-state index contributed by atoms with van der Waals surface area (Å²) in [7, 11) is 0. The van der Waals surface area contributed by atoms with Gasteiger partial charge in [0.15, 0.2) is 0 Å². The fraction of sp³-hybridized carbons (Fsp3) is 0.750. The van der Waals surface area contributed by atoms with Crippen molar-refractivity contribution in [2.24, 2.45) is 5.92 Å². The maximum Gasteiger partial charge on any atom is 0.133 e. The first kappa shape index (κ1) is 11.4. The number of carbonyl (C=O) groups is 1. The molecule has 14 heavy (non-hydrogen) atoms. The average molecular weight is 195 g/mol. The summed E-state index contributed by atoms with van der Waals surface area (Å²) < 4.78 is 0. The number of rotatable bonds is 6. The molecule has 0 aromatic heterocycles. The highest BCUT2D eigenvalue weighted by Gasteiger charge is 2.15. The highest BCUT2D eigenvalue weighted by atomic mass is 16.1. The Hall–Kier alpha value is -0.630. The SMILES string of the molecule is C=C(C)CCC(=O)CCC1CCNC1. The van der Waals surface area contributed by atoms with Crippen LogP contribution in [0.5, 0.6) is 0 Å². The number of hydrogen-bond acceptors (Lipinski definition) is 2. The Morgan fingerprint density at radius 2 is 2.21 bits per heavy atom. The van der Waals surface area contributed by atoms with Crippen molar-refractivity contribution in [3.05, 3.63) is 12.2 Å². The molecule has 0 aromatic carbocycles. The van der Waals surface area contributed by atoms with Gasteiger partial charge >= 0.3 is 0 Å². The first-order valence-electron chi connectivity index (χ1n) is 5.55. The van der Waals surface area contributed by atoms with Crippen LogP contribution >= 0.6 is 0 Å². The molecule has 1 unspecified atom stereocenters. The van der Waals surface area contributed by atoms with Gasteiger partial charge in [-0.05, 0) is 45.2 Å². The Morgan fingerprint density at radius 3 is 2.79 bits per heavy atom. The van der Waals surface area contributed by atoms with E-state index in [2.05, 4.69) is 11.9 Å². The maximum absolute atomic E-state index is 11.4. The van der Waals surface area contributed by atoms with Crippen LogP contribution in [0, 0.1) is 5.92 Å². The second-order valence-corrected chi connectivity index (χ2v) is 4.39. The molecule has 2 heteroatoms. The quantitative estimate of drug-likeness (QED) is 0.659. The molecule has 1 N–H and O–H groups in total. The van der Waals surface area contributed by atoms with Gasteiger partial charge in [0, 0.05) is 12.8 Å². The van der Waals surface area contributed by atoms with Crippen LogP contribution in [0.3, 0.4) is 0 Å².